The summed E-state index contributed by atoms with van der Waals surface area (Å²) in [6, 6.07) is 0. The Morgan fingerprint density at radius 3 is 2.73 bits per heavy atom. The maximum Gasteiger partial charge on any atom is 0.108 e. The van der Waals surface area contributed by atoms with Crippen LogP contribution in [0.4, 0.5) is 0 Å². The van der Waals surface area contributed by atoms with Gasteiger partial charge in [0.15, 0.2) is 0 Å². The third-order valence-corrected chi connectivity index (χ3v) is 3.64. The van der Waals surface area contributed by atoms with Crippen molar-refractivity contribution in [2.45, 2.75) is 20.4 Å². The lowest BCUT2D eigenvalue weighted by Gasteiger charge is -2.28. The normalized spacial score (nSPS) is 12.4. The molecule has 3 nitrogen and oxygen atoms in total. The summed E-state index contributed by atoms with van der Waals surface area (Å²) in [6.45, 7) is 6.95. The van der Waals surface area contributed by atoms with E-state index >= 15 is 0 Å². The molecule has 0 aliphatic rings. The van der Waals surface area contributed by atoms with Gasteiger partial charge in [-0.15, -0.1) is 11.3 Å². The summed E-state index contributed by atoms with van der Waals surface area (Å²) in [7, 11) is 2.10. The van der Waals surface area contributed by atoms with Gasteiger partial charge in [0, 0.05) is 6.54 Å². The molecule has 0 spiro atoms. The van der Waals surface area contributed by atoms with Crippen LogP contribution in [0.2, 0.25) is 0 Å². The minimum Gasteiger partial charge on any atom is -0.330 e. The summed E-state index contributed by atoms with van der Waals surface area (Å²) in [5.74, 6) is 0. The maximum atomic E-state index is 5.70. The van der Waals surface area contributed by atoms with Crippen LogP contribution in [0.15, 0.2) is 9.98 Å². The second-order valence-electron chi connectivity index (χ2n) is 4.60. The second kappa shape index (κ2) is 5.39. The number of nitrogens with zero attached hydrogens (tertiary/aromatic N) is 2. The third-order valence-electron chi connectivity index (χ3n) is 2.18. The van der Waals surface area contributed by atoms with Crippen molar-refractivity contribution in [2.24, 2.45) is 11.1 Å². The Balaban J connectivity index is 2.46. The molecule has 15 heavy (non-hydrogen) atoms. The molecule has 0 fully saturated rings. The Kier molecular flexibility index (Phi) is 4.70. The summed E-state index contributed by atoms with van der Waals surface area (Å²) in [4.78, 5) is 6.57. The van der Waals surface area contributed by atoms with Crippen LogP contribution < -0.4 is 5.73 Å². The monoisotopic (exact) mass is 291 g/mol. The predicted octanol–water partition coefficient (Wildman–Crippen LogP) is 2.32. The number of halogens is 1. The number of nitrogens with two attached hydrogens (primary N) is 1. The van der Waals surface area contributed by atoms with E-state index in [9.17, 15) is 0 Å². The molecule has 1 rings (SSSR count). The van der Waals surface area contributed by atoms with Gasteiger partial charge in [-0.1, -0.05) is 13.8 Å². The van der Waals surface area contributed by atoms with Gasteiger partial charge in [-0.2, -0.15) is 0 Å². The van der Waals surface area contributed by atoms with Gasteiger partial charge in [0.2, 0.25) is 0 Å². The average molecular weight is 292 g/mol. The molecule has 1 aromatic rings. The van der Waals surface area contributed by atoms with Crippen molar-refractivity contribution in [3.63, 3.8) is 0 Å². The molecule has 5 heteroatoms. The first-order valence-electron chi connectivity index (χ1n) is 4.92. The Labute approximate surface area is 104 Å². The summed E-state index contributed by atoms with van der Waals surface area (Å²) >= 11 is 5.10. The quantitative estimate of drug-likeness (QED) is 0.905. The maximum absolute atomic E-state index is 5.70. The molecule has 0 radical (unpaired) electrons. The number of thiazole rings is 1. The van der Waals surface area contributed by atoms with E-state index in [1.807, 2.05) is 6.20 Å². The van der Waals surface area contributed by atoms with E-state index in [-0.39, 0.29) is 5.41 Å². The van der Waals surface area contributed by atoms with E-state index in [4.69, 9.17) is 5.73 Å². The highest BCUT2D eigenvalue weighted by molar-refractivity contribution is 9.11. The standard InChI is InChI=1S/C10H18BrN3S/c1-10(2,6-12)7-14(3)5-9-13-4-8(11)15-9/h4H,5-7,12H2,1-3H3. The third kappa shape index (κ3) is 4.59. The van der Waals surface area contributed by atoms with Gasteiger partial charge in [-0.3, -0.25) is 4.90 Å². The topological polar surface area (TPSA) is 42.2 Å². The second-order valence-corrected chi connectivity index (χ2v) is 7.09. The molecule has 0 aromatic carbocycles. The van der Waals surface area contributed by atoms with Crippen LogP contribution in [0.25, 0.3) is 0 Å². The van der Waals surface area contributed by atoms with Crippen LogP contribution in [-0.4, -0.2) is 30.0 Å². The predicted molar refractivity (Wildman–Crippen MR) is 69.0 cm³/mol. The first-order chi connectivity index (χ1) is 6.93. The van der Waals surface area contributed by atoms with Gasteiger partial charge in [-0.05, 0) is 34.9 Å². The first-order valence-corrected chi connectivity index (χ1v) is 6.53. The Bertz CT molecular complexity index is 311. The van der Waals surface area contributed by atoms with Crippen molar-refractivity contribution in [2.75, 3.05) is 20.1 Å². The fourth-order valence-corrected chi connectivity index (χ4v) is 2.83. The van der Waals surface area contributed by atoms with E-state index in [0.717, 1.165) is 21.9 Å². The van der Waals surface area contributed by atoms with Gasteiger partial charge in [0.1, 0.15) is 5.01 Å². The fourth-order valence-electron chi connectivity index (χ4n) is 1.44. The Morgan fingerprint density at radius 2 is 2.27 bits per heavy atom. The van der Waals surface area contributed by atoms with E-state index in [1.54, 1.807) is 11.3 Å². The summed E-state index contributed by atoms with van der Waals surface area (Å²) in [5.41, 5.74) is 5.87. The molecule has 1 aromatic heterocycles. The van der Waals surface area contributed by atoms with Crippen molar-refractivity contribution >= 4 is 27.3 Å². The highest BCUT2D eigenvalue weighted by Crippen LogP contribution is 2.21. The molecule has 0 amide bonds. The number of hydrogen-bond acceptors (Lipinski definition) is 4. The molecule has 0 aliphatic carbocycles. The van der Waals surface area contributed by atoms with Crippen molar-refractivity contribution in [1.29, 1.82) is 0 Å². The van der Waals surface area contributed by atoms with E-state index < -0.39 is 0 Å². The zero-order valence-electron chi connectivity index (χ0n) is 9.46. The molecule has 0 aliphatic heterocycles. The molecule has 0 saturated carbocycles. The van der Waals surface area contributed by atoms with Crippen molar-refractivity contribution in [3.8, 4) is 0 Å². The lowest BCUT2D eigenvalue weighted by Crippen LogP contribution is -2.36. The van der Waals surface area contributed by atoms with Crippen LogP contribution in [0.5, 0.6) is 0 Å². The molecular weight excluding hydrogens is 274 g/mol. The van der Waals surface area contributed by atoms with Gasteiger partial charge < -0.3 is 5.73 Å². The first kappa shape index (κ1) is 13.1. The van der Waals surface area contributed by atoms with Gasteiger partial charge >= 0.3 is 0 Å². The highest BCUT2D eigenvalue weighted by Gasteiger charge is 2.18. The number of hydrogen-bond donors (Lipinski definition) is 1. The van der Waals surface area contributed by atoms with Crippen LogP contribution >= 0.6 is 27.3 Å². The van der Waals surface area contributed by atoms with E-state index in [0.29, 0.717) is 6.54 Å². The van der Waals surface area contributed by atoms with Gasteiger partial charge in [0.05, 0.1) is 16.5 Å². The van der Waals surface area contributed by atoms with Crippen LogP contribution in [-0.2, 0) is 6.54 Å². The van der Waals surface area contributed by atoms with E-state index in [2.05, 4.69) is 46.7 Å². The van der Waals surface area contributed by atoms with Crippen molar-refractivity contribution in [3.05, 3.63) is 15.0 Å². The summed E-state index contributed by atoms with van der Waals surface area (Å²) in [5, 5.41) is 1.14. The summed E-state index contributed by atoms with van der Waals surface area (Å²) < 4.78 is 1.09. The van der Waals surface area contributed by atoms with Crippen molar-refractivity contribution in [1.82, 2.24) is 9.88 Å². The van der Waals surface area contributed by atoms with Gasteiger partial charge in [-0.25, -0.2) is 4.98 Å². The van der Waals surface area contributed by atoms with Crippen molar-refractivity contribution < 1.29 is 0 Å². The lowest BCUT2D eigenvalue weighted by atomic mass is 9.93. The molecular formula is C10H18BrN3S. The Hall–Kier alpha value is 0.0300. The molecule has 1 heterocycles. The van der Waals surface area contributed by atoms with E-state index in [1.165, 1.54) is 0 Å². The Morgan fingerprint density at radius 1 is 1.60 bits per heavy atom. The van der Waals surface area contributed by atoms with Gasteiger partial charge in [0.25, 0.3) is 0 Å². The molecule has 86 valence electrons. The molecule has 0 unspecified atom stereocenters. The smallest absolute Gasteiger partial charge is 0.108 e. The van der Waals surface area contributed by atoms with Crippen LogP contribution in [0.3, 0.4) is 0 Å². The average Bonchev–Trinajstić information content (AvgIpc) is 2.50. The molecule has 0 saturated heterocycles. The molecule has 2 N–H and O–H groups in total. The fraction of sp³-hybridized carbons (Fsp3) is 0.700. The lowest BCUT2D eigenvalue weighted by molar-refractivity contribution is 0.209. The minimum atomic E-state index is 0.170. The van der Waals surface area contributed by atoms with Crippen LogP contribution in [0.1, 0.15) is 18.9 Å². The highest BCUT2D eigenvalue weighted by atomic mass is 79.9. The zero-order chi connectivity index (χ0) is 11.5. The SMILES string of the molecule is CN(Cc1ncc(Br)s1)CC(C)(C)CN. The molecule has 0 atom stereocenters. The largest absolute Gasteiger partial charge is 0.330 e. The number of aromatic nitrogens is 1. The molecule has 0 bridgehead atoms. The minimum absolute atomic E-state index is 0.170. The number of rotatable bonds is 5. The zero-order valence-corrected chi connectivity index (χ0v) is 11.9. The summed E-state index contributed by atoms with van der Waals surface area (Å²) in [6.07, 6.45) is 1.85. The van der Waals surface area contributed by atoms with Crippen LogP contribution in [0, 0.1) is 5.41 Å².